The van der Waals surface area contributed by atoms with E-state index >= 15 is 0 Å². The van der Waals surface area contributed by atoms with Crippen molar-refractivity contribution in [2.75, 3.05) is 38.0 Å². The van der Waals surface area contributed by atoms with Gasteiger partial charge in [0.1, 0.15) is 0 Å². The Kier molecular flexibility index (Phi) is 15.7. The molecular formula is C9H25Cl2N2O3P. The van der Waals surface area contributed by atoms with Crippen molar-refractivity contribution in [3.8, 4) is 0 Å². The van der Waals surface area contributed by atoms with Gasteiger partial charge in [0.05, 0.1) is 6.61 Å². The van der Waals surface area contributed by atoms with E-state index in [2.05, 4.69) is 5.09 Å². The Morgan fingerprint density at radius 3 is 2.12 bits per heavy atom. The largest absolute Gasteiger partial charge is 0.412 e. The van der Waals surface area contributed by atoms with E-state index in [0.29, 0.717) is 31.5 Å². The number of halogens is 2. The molecule has 3 N–H and O–H groups in total. The van der Waals surface area contributed by atoms with E-state index in [4.69, 9.17) is 27.7 Å². The van der Waals surface area contributed by atoms with Gasteiger partial charge < -0.3 is 10.00 Å². The van der Waals surface area contributed by atoms with E-state index in [1.54, 1.807) is 4.67 Å². The molecular weight excluding hydrogens is 286 g/mol. The molecule has 1 rings (SSSR count). The maximum Gasteiger partial charge on any atom is 0.343 e. The van der Waals surface area contributed by atoms with Crippen LogP contribution in [0, 0.1) is 0 Å². The summed E-state index contributed by atoms with van der Waals surface area (Å²) in [5.41, 5.74) is 0. The zero-order valence-electron chi connectivity index (χ0n) is 8.42. The van der Waals surface area contributed by atoms with Gasteiger partial charge in [-0.2, -0.15) is 0 Å². The molecule has 0 saturated carbocycles. The summed E-state index contributed by atoms with van der Waals surface area (Å²) in [5.74, 6) is 0.845. The number of rotatable bonds is 5. The van der Waals surface area contributed by atoms with Gasteiger partial charge in [0, 0.05) is 31.4 Å². The predicted molar refractivity (Wildman–Crippen MR) is 76.3 cm³/mol. The van der Waals surface area contributed by atoms with Gasteiger partial charge in [0.2, 0.25) is 0 Å². The lowest BCUT2D eigenvalue weighted by Gasteiger charge is -2.33. The second-order valence-electron chi connectivity index (χ2n) is 2.95. The van der Waals surface area contributed by atoms with Crippen LogP contribution in [-0.4, -0.2) is 48.1 Å². The molecule has 1 heterocycles. The van der Waals surface area contributed by atoms with Crippen molar-refractivity contribution in [1.29, 1.82) is 0 Å². The number of hydrogen-bond acceptors (Lipinski definition) is 2. The van der Waals surface area contributed by atoms with Gasteiger partial charge in [-0.25, -0.2) is 9.76 Å². The zero-order valence-corrected chi connectivity index (χ0v) is 10.8. The molecule has 0 aromatic carbocycles. The lowest BCUT2D eigenvalue weighted by atomic mass is 10.5. The molecule has 1 atom stereocenters. The van der Waals surface area contributed by atoms with Crippen LogP contribution in [0.3, 0.4) is 0 Å². The van der Waals surface area contributed by atoms with E-state index in [0.717, 1.165) is 13.0 Å². The SMILES string of the molecule is C.C.O.O=P1(N(CCCl)CCCl)NCCCO1. The predicted octanol–water partition coefficient (Wildman–Crippen LogP) is 2.33. The Labute approximate surface area is 115 Å². The van der Waals surface area contributed by atoms with Crippen LogP contribution in [0.4, 0.5) is 0 Å². The smallest absolute Gasteiger partial charge is 0.343 e. The normalized spacial score (nSPS) is 23.2. The average Bonchev–Trinajstić information content (AvgIpc) is 2.19. The third kappa shape index (κ3) is 6.97. The highest BCUT2D eigenvalue weighted by Gasteiger charge is 2.32. The van der Waals surface area contributed by atoms with Crippen LogP contribution in [0.5, 0.6) is 0 Å². The summed E-state index contributed by atoms with van der Waals surface area (Å²) in [4.78, 5) is 0. The van der Waals surface area contributed by atoms with Crippen LogP contribution in [0.2, 0.25) is 0 Å². The van der Waals surface area contributed by atoms with Crippen molar-refractivity contribution in [2.45, 2.75) is 21.3 Å². The second-order valence-corrected chi connectivity index (χ2v) is 5.88. The van der Waals surface area contributed by atoms with Crippen molar-refractivity contribution in [2.24, 2.45) is 0 Å². The summed E-state index contributed by atoms with van der Waals surface area (Å²) >= 11 is 11.2. The van der Waals surface area contributed by atoms with Crippen LogP contribution in [0.1, 0.15) is 21.3 Å². The minimum Gasteiger partial charge on any atom is -0.412 e. The summed E-state index contributed by atoms with van der Waals surface area (Å²) < 4.78 is 19.2. The molecule has 108 valence electrons. The molecule has 1 aliphatic rings. The van der Waals surface area contributed by atoms with Gasteiger partial charge in [-0.05, 0) is 6.42 Å². The van der Waals surface area contributed by atoms with Crippen LogP contribution < -0.4 is 5.09 Å². The first-order chi connectivity index (χ1) is 6.73. The summed E-state index contributed by atoms with van der Waals surface area (Å²) in [6, 6.07) is 0. The van der Waals surface area contributed by atoms with Gasteiger partial charge in [-0.1, -0.05) is 14.9 Å². The molecule has 5 nitrogen and oxygen atoms in total. The Morgan fingerprint density at radius 1 is 1.24 bits per heavy atom. The molecule has 8 heteroatoms. The van der Waals surface area contributed by atoms with Crippen molar-refractivity contribution >= 4 is 30.9 Å². The van der Waals surface area contributed by atoms with E-state index < -0.39 is 7.67 Å². The standard InChI is InChI=1S/C7H15Cl2N2O2P.2CH4.H2O/c8-2-5-11(6-3-9)14(12)10-4-1-7-13-14;;;/h1-7H2,(H,10,12);2*1H4;1H2. The summed E-state index contributed by atoms with van der Waals surface area (Å²) in [5, 5.41) is 2.91. The average molecular weight is 311 g/mol. The van der Waals surface area contributed by atoms with Gasteiger partial charge >= 0.3 is 7.67 Å². The van der Waals surface area contributed by atoms with Gasteiger partial charge in [-0.3, -0.25) is 4.57 Å². The number of nitrogens with zero attached hydrogens (tertiary/aromatic N) is 1. The molecule has 0 spiro atoms. The lowest BCUT2D eigenvalue weighted by Crippen LogP contribution is -2.35. The molecule has 17 heavy (non-hydrogen) atoms. The van der Waals surface area contributed by atoms with Gasteiger partial charge in [0.25, 0.3) is 0 Å². The quantitative estimate of drug-likeness (QED) is 0.625. The molecule has 0 radical (unpaired) electrons. The lowest BCUT2D eigenvalue weighted by molar-refractivity contribution is 0.233. The third-order valence-corrected chi connectivity index (χ3v) is 4.60. The van der Waals surface area contributed by atoms with E-state index in [1.807, 2.05) is 0 Å². The highest BCUT2D eigenvalue weighted by atomic mass is 35.5. The fourth-order valence-electron chi connectivity index (χ4n) is 1.28. The monoisotopic (exact) mass is 310 g/mol. The van der Waals surface area contributed by atoms with Gasteiger partial charge in [-0.15, -0.1) is 23.2 Å². The summed E-state index contributed by atoms with van der Waals surface area (Å²) in [7, 11) is -2.84. The Balaban J connectivity index is -0.000000653. The second kappa shape index (κ2) is 11.7. The Morgan fingerprint density at radius 2 is 1.76 bits per heavy atom. The third-order valence-electron chi connectivity index (χ3n) is 1.96. The maximum absolute atomic E-state index is 12.2. The van der Waals surface area contributed by atoms with E-state index in [9.17, 15) is 4.57 Å². The fraction of sp³-hybridized carbons (Fsp3) is 1.00. The zero-order chi connectivity index (χ0) is 10.4. The molecule has 1 unspecified atom stereocenters. The number of alkyl halides is 2. The van der Waals surface area contributed by atoms with Crippen molar-refractivity contribution in [1.82, 2.24) is 9.76 Å². The highest BCUT2D eigenvalue weighted by Crippen LogP contribution is 2.47. The van der Waals surface area contributed by atoms with Crippen LogP contribution in [0.25, 0.3) is 0 Å². The van der Waals surface area contributed by atoms with Crippen LogP contribution in [0.15, 0.2) is 0 Å². The molecule has 1 aliphatic heterocycles. The van der Waals surface area contributed by atoms with Crippen molar-refractivity contribution in [3.63, 3.8) is 0 Å². The van der Waals surface area contributed by atoms with Crippen molar-refractivity contribution < 1.29 is 14.6 Å². The molecule has 0 aromatic heterocycles. The number of hydrogen-bond donors (Lipinski definition) is 1. The highest BCUT2D eigenvalue weighted by molar-refractivity contribution is 7.54. The van der Waals surface area contributed by atoms with E-state index in [1.165, 1.54) is 0 Å². The molecule has 1 saturated heterocycles. The topological polar surface area (TPSA) is 73.1 Å². The van der Waals surface area contributed by atoms with Crippen LogP contribution in [-0.2, 0) is 9.09 Å². The first-order valence-electron chi connectivity index (χ1n) is 4.60. The minimum atomic E-state index is -2.84. The first kappa shape index (κ1) is 22.8. The first-order valence-corrected chi connectivity index (χ1v) is 7.24. The Hall–Kier alpha value is 0.650. The molecule has 0 aliphatic carbocycles. The van der Waals surface area contributed by atoms with Crippen molar-refractivity contribution in [3.05, 3.63) is 0 Å². The van der Waals surface area contributed by atoms with Gasteiger partial charge in [0.15, 0.2) is 0 Å². The minimum absolute atomic E-state index is 0. The molecule has 1 fully saturated rings. The maximum atomic E-state index is 12.2. The summed E-state index contributed by atoms with van der Waals surface area (Å²) in [6.45, 7) is 2.31. The summed E-state index contributed by atoms with van der Waals surface area (Å²) in [6.07, 6.45) is 0.888. The molecule has 0 amide bonds. The molecule has 0 bridgehead atoms. The Bertz CT molecular complexity index is 206. The van der Waals surface area contributed by atoms with Crippen LogP contribution >= 0.6 is 30.9 Å². The molecule has 0 aromatic rings. The fourth-order valence-corrected chi connectivity index (χ4v) is 3.92. The number of nitrogens with one attached hydrogen (secondary N) is 1. The van der Waals surface area contributed by atoms with E-state index in [-0.39, 0.29) is 20.3 Å².